The van der Waals surface area contributed by atoms with Crippen molar-refractivity contribution in [1.82, 2.24) is 0 Å². The highest BCUT2D eigenvalue weighted by atomic mass is 31.2. The first-order valence-electron chi connectivity index (χ1n) is 42.1. The van der Waals surface area contributed by atoms with Gasteiger partial charge in [0.1, 0.15) is 19.3 Å². The van der Waals surface area contributed by atoms with Gasteiger partial charge >= 0.3 is 39.5 Å². The maximum Gasteiger partial charge on any atom is 0.472 e. The standard InChI is InChI=1S/C81H158O17P2/c1-7-11-13-15-17-19-21-23-24-25-29-33-40-46-52-58-64-79(84)92-69-76(97-80(85)65-59-53-47-41-34-30-27-26-28-31-37-43-49-55-61-73(5)9-3)71-95-99(87,88)93-67-75(82)68-94-100(89,90)96-72-77(70-91-78(83)63-57-51-45-39-32-22-20-18-16-14-12-8-2)98-81(86)66-60-54-48-42-36-35-38-44-50-56-62-74(6)10-4/h73-77,82H,7-72H2,1-6H3,(H,87,88)(H,89,90)/t73?,74?,75-,76-,77-/m1/s1. The van der Waals surface area contributed by atoms with Crippen LogP contribution in [0.4, 0.5) is 0 Å². The van der Waals surface area contributed by atoms with Crippen LogP contribution < -0.4 is 0 Å². The molecule has 0 heterocycles. The van der Waals surface area contributed by atoms with Gasteiger partial charge in [-0.15, -0.1) is 0 Å². The molecule has 0 spiro atoms. The molecule has 4 unspecified atom stereocenters. The number of aliphatic hydroxyl groups is 1. The Morgan fingerprint density at radius 1 is 0.280 bits per heavy atom. The zero-order valence-corrected chi connectivity index (χ0v) is 67.3. The summed E-state index contributed by atoms with van der Waals surface area (Å²) in [6.07, 6.45) is 62.1. The predicted molar refractivity (Wildman–Crippen MR) is 409 cm³/mol. The van der Waals surface area contributed by atoms with Crippen molar-refractivity contribution in [2.24, 2.45) is 11.8 Å². The SMILES string of the molecule is CCCCCCCCCCCCCCCCCCC(=O)OC[C@H](COP(=O)(O)OC[C@@H](O)COP(=O)(O)OC[C@@H](COC(=O)CCCCCCCCCCCCCC)OC(=O)CCCCCCCCCCCCC(C)CC)OC(=O)CCCCCCCCCCCCCCCCC(C)CC. The van der Waals surface area contributed by atoms with E-state index in [-0.39, 0.29) is 25.7 Å². The molecule has 3 N–H and O–H groups in total. The van der Waals surface area contributed by atoms with Crippen LogP contribution in [0.2, 0.25) is 0 Å². The van der Waals surface area contributed by atoms with Gasteiger partial charge in [0.25, 0.3) is 0 Å². The number of aliphatic hydroxyl groups excluding tert-OH is 1. The summed E-state index contributed by atoms with van der Waals surface area (Å²) in [5.74, 6) is -0.457. The number of unbranched alkanes of at least 4 members (excludes halogenated alkanes) is 48. The Morgan fingerprint density at radius 3 is 0.710 bits per heavy atom. The van der Waals surface area contributed by atoms with Gasteiger partial charge in [-0.1, -0.05) is 375 Å². The van der Waals surface area contributed by atoms with Crippen LogP contribution in [0.15, 0.2) is 0 Å². The molecule has 0 saturated carbocycles. The lowest BCUT2D eigenvalue weighted by Gasteiger charge is -2.21. The van der Waals surface area contributed by atoms with E-state index < -0.39 is 97.5 Å². The number of carbonyl (C=O) groups is 4. The first-order valence-corrected chi connectivity index (χ1v) is 45.1. The molecule has 0 bridgehead atoms. The molecule has 7 atom stereocenters. The van der Waals surface area contributed by atoms with Crippen LogP contribution in [0.5, 0.6) is 0 Å². The highest BCUT2D eigenvalue weighted by Gasteiger charge is 2.30. The first-order chi connectivity index (χ1) is 48.4. The molecule has 0 aliphatic carbocycles. The van der Waals surface area contributed by atoms with Gasteiger partial charge in [0.15, 0.2) is 12.2 Å². The molecule has 0 radical (unpaired) electrons. The Hall–Kier alpha value is -1.94. The van der Waals surface area contributed by atoms with E-state index in [2.05, 4.69) is 41.5 Å². The molecule has 0 aromatic rings. The molecule has 100 heavy (non-hydrogen) atoms. The third-order valence-electron chi connectivity index (χ3n) is 19.7. The van der Waals surface area contributed by atoms with Crippen LogP contribution in [0.25, 0.3) is 0 Å². The van der Waals surface area contributed by atoms with Crippen molar-refractivity contribution in [2.45, 2.75) is 445 Å². The first kappa shape index (κ1) is 98.1. The van der Waals surface area contributed by atoms with Crippen molar-refractivity contribution in [3.8, 4) is 0 Å². The summed E-state index contributed by atoms with van der Waals surface area (Å²) in [4.78, 5) is 73.1. The van der Waals surface area contributed by atoms with Crippen LogP contribution in [0, 0.1) is 11.8 Å². The fourth-order valence-electron chi connectivity index (χ4n) is 12.5. The largest absolute Gasteiger partial charge is 0.472 e. The van der Waals surface area contributed by atoms with Crippen LogP contribution in [-0.4, -0.2) is 96.7 Å². The van der Waals surface area contributed by atoms with Crippen molar-refractivity contribution in [2.75, 3.05) is 39.6 Å². The number of hydrogen-bond acceptors (Lipinski definition) is 15. The summed E-state index contributed by atoms with van der Waals surface area (Å²) in [6.45, 7) is 9.72. The fraction of sp³-hybridized carbons (Fsp3) is 0.951. The number of phosphoric acid groups is 2. The van der Waals surface area contributed by atoms with Gasteiger partial charge in [0.2, 0.25) is 0 Å². The van der Waals surface area contributed by atoms with Crippen LogP contribution >= 0.6 is 15.6 Å². The second-order valence-electron chi connectivity index (χ2n) is 29.6. The van der Waals surface area contributed by atoms with E-state index >= 15 is 0 Å². The molecule has 0 rings (SSSR count). The Labute approximate surface area is 613 Å². The zero-order valence-electron chi connectivity index (χ0n) is 65.5. The lowest BCUT2D eigenvalue weighted by molar-refractivity contribution is -0.161. The Balaban J connectivity index is 5.27. The minimum absolute atomic E-state index is 0.107. The quantitative estimate of drug-likeness (QED) is 0.0222. The number of carbonyl (C=O) groups excluding carboxylic acids is 4. The van der Waals surface area contributed by atoms with Crippen LogP contribution in [-0.2, 0) is 65.4 Å². The molecular formula is C81H158O17P2. The van der Waals surface area contributed by atoms with Gasteiger partial charge in [0, 0.05) is 25.7 Å². The molecule has 19 heteroatoms. The van der Waals surface area contributed by atoms with Crippen molar-refractivity contribution in [3.05, 3.63) is 0 Å². The third-order valence-corrected chi connectivity index (χ3v) is 21.6. The number of phosphoric ester groups is 2. The summed E-state index contributed by atoms with van der Waals surface area (Å²) in [5, 5.41) is 10.6. The average Bonchev–Trinajstić information content (AvgIpc) is 0.981. The van der Waals surface area contributed by atoms with Gasteiger partial charge < -0.3 is 33.8 Å². The predicted octanol–water partition coefficient (Wildman–Crippen LogP) is 24.3. The zero-order chi connectivity index (χ0) is 73.5. The molecule has 0 saturated heterocycles. The summed E-state index contributed by atoms with van der Waals surface area (Å²) in [6, 6.07) is 0. The Morgan fingerprint density at radius 2 is 0.480 bits per heavy atom. The van der Waals surface area contributed by atoms with E-state index in [0.717, 1.165) is 102 Å². The van der Waals surface area contributed by atoms with E-state index in [4.69, 9.17) is 37.0 Å². The summed E-state index contributed by atoms with van der Waals surface area (Å²) < 4.78 is 68.8. The molecule has 0 amide bonds. The second kappa shape index (κ2) is 72.6. The van der Waals surface area contributed by atoms with E-state index in [1.54, 1.807) is 0 Å². The summed E-state index contributed by atoms with van der Waals surface area (Å²) in [7, 11) is -9.92. The lowest BCUT2D eigenvalue weighted by atomic mass is 9.99. The maximum absolute atomic E-state index is 13.1. The van der Waals surface area contributed by atoms with Crippen molar-refractivity contribution >= 4 is 39.5 Å². The van der Waals surface area contributed by atoms with Crippen molar-refractivity contribution < 1.29 is 80.2 Å². The van der Waals surface area contributed by atoms with Crippen molar-refractivity contribution in [1.29, 1.82) is 0 Å². The summed E-state index contributed by atoms with van der Waals surface area (Å²) >= 11 is 0. The molecule has 0 aliphatic heterocycles. The molecular weight excluding hydrogens is 1310 g/mol. The Kier molecular flexibility index (Phi) is 71.2. The summed E-state index contributed by atoms with van der Waals surface area (Å²) in [5.41, 5.74) is 0. The minimum atomic E-state index is -4.96. The minimum Gasteiger partial charge on any atom is -0.462 e. The fourth-order valence-corrected chi connectivity index (χ4v) is 14.1. The van der Waals surface area contributed by atoms with E-state index in [1.165, 1.54) is 244 Å². The van der Waals surface area contributed by atoms with Gasteiger partial charge in [0.05, 0.1) is 26.4 Å². The van der Waals surface area contributed by atoms with Gasteiger partial charge in [-0.05, 0) is 37.5 Å². The molecule has 17 nitrogen and oxygen atoms in total. The number of hydrogen-bond donors (Lipinski definition) is 3. The van der Waals surface area contributed by atoms with Crippen LogP contribution in [0.3, 0.4) is 0 Å². The van der Waals surface area contributed by atoms with Gasteiger partial charge in [-0.2, -0.15) is 0 Å². The van der Waals surface area contributed by atoms with E-state index in [0.29, 0.717) is 25.7 Å². The smallest absolute Gasteiger partial charge is 0.462 e. The monoisotopic (exact) mass is 1470 g/mol. The highest BCUT2D eigenvalue weighted by Crippen LogP contribution is 2.45. The topological polar surface area (TPSA) is 237 Å². The van der Waals surface area contributed by atoms with E-state index in [1.807, 2.05) is 0 Å². The molecule has 0 aromatic carbocycles. The van der Waals surface area contributed by atoms with Crippen molar-refractivity contribution in [3.63, 3.8) is 0 Å². The highest BCUT2D eigenvalue weighted by molar-refractivity contribution is 7.47. The molecule has 0 aliphatic rings. The second-order valence-corrected chi connectivity index (χ2v) is 32.6. The lowest BCUT2D eigenvalue weighted by Crippen LogP contribution is -2.30. The third kappa shape index (κ3) is 71.7. The number of esters is 4. The number of ether oxygens (including phenoxy) is 4. The average molecular weight is 1470 g/mol. The Bertz CT molecular complexity index is 1930. The molecule has 594 valence electrons. The molecule has 0 aromatic heterocycles. The maximum atomic E-state index is 13.1. The molecule has 0 fully saturated rings. The van der Waals surface area contributed by atoms with Crippen LogP contribution in [0.1, 0.15) is 427 Å². The van der Waals surface area contributed by atoms with Gasteiger partial charge in [-0.3, -0.25) is 37.3 Å². The normalized spacial score (nSPS) is 14.4. The van der Waals surface area contributed by atoms with E-state index in [9.17, 15) is 43.2 Å². The van der Waals surface area contributed by atoms with Gasteiger partial charge in [-0.25, -0.2) is 9.13 Å². The number of rotatable bonds is 80.